The highest BCUT2D eigenvalue weighted by atomic mass is 16.4. The number of carboxylic acids is 1. The first kappa shape index (κ1) is 13.4. The number of rotatable bonds is 3. The van der Waals surface area contributed by atoms with Crippen LogP contribution in [-0.4, -0.2) is 56.0 Å². The number of imidazole rings is 1. The van der Waals surface area contributed by atoms with Crippen molar-refractivity contribution in [3.8, 4) is 0 Å². The van der Waals surface area contributed by atoms with Gasteiger partial charge in [0.1, 0.15) is 6.04 Å². The number of nitrogens with one attached hydrogen (secondary N) is 1. The molecule has 19 heavy (non-hydrogen) atoms. The normalized spacial score (nSPS) is 18.0. The van der Waals surface area contributed by atoms with Crippen molar-refractivity contribution in [2.24, 2.45) is 0 Å². The van der Waals surface area contributed by atoms with E-state index in [1.165, 1.54) is 11.2 Å². The number of carbonyl (C=O) groups is 2. The fourth-order valence-corrected chi connectivity index (χ4v) is 2.33. The van der Waals surface area contributed by atoms with Gasteiger partial charge in [-0.1, -0.05) is 0 Å². The summed E-state index contributed by atoms with van der Waals surface area (Å²) in [7, 11) is 0. The highest BCUT2D eigenvalue weighted by molar-refractivity contribution is 5.83. The van der Waals surface area contributed by atoms with Gasteiger partial charge in [0.15, 0.2) is 0 Å². The van der Waals surface area contributed by atoms with Gasteiger partial charge in [-0.3, -0.25) is 0 Å². The van der Waals surface area contributed by atoms with Crippen LogP contribution < -0.4 is 0 Å². The van der Waals surface area contributed by atoms with Crippen LogP contribution in [0.15, 0.2) is 6.33 Å². The fourth-order valence-electron chi connectivity index (χ4n) is 2.33. The maximum absolute atomic E-state index is 12.4. The molecule has 2 heterocycles. The van der Waals surface area contributed by atoms with E-state index in [-0.39, 0.29) is 19.0 Å². The number of aromatic amines is 1. The average molecular weight is 266 g/mol. The topological polar surface area (TPSA) is 89.5 Å². The number of carbonyl (C=O) groups excluding carboxylic acids is 1. The number of nitrogens with zero attached hydrogens (tertiary/aromatic N) is 3. The molecule has 0 fully saturated rings. The van der Waals surface area contributed by atoms with Crippen molar-refractivity contribution in [2.45, 2.75) is 32.9 Å². The highest BCUT2D eigenvalue weighted by Crippen LogP contribution is 2.22. The first-order valence-corrected chi connectivity index (χ1v) is 6.37. The first-order chi connectivity index (χ1) is 9.08. The minimum Gasteiger partial charge on any atom is -0.480 e. The Labute approximate surface area is 111 Å². The number of aromatic nitrogens is 2. The predicted molar refractivity (Wildman–Crippen MR) is 67.6 cm³/mol. The Morgan fingerprint density at radius 3 is 2.79 bits per heavy atom. The van der Waals surface area contributed by atoms with E-state index in [0.29, 0.717) is 13.1 Å². The van der Waals surface area contributed by atoms with Crippen LogP contribution in [-0.2, 0) is 17.8 Å². The van der Waals surface area contributed by atoms with Crippen LogP contribution in [0.3, 0.4) is 0 Å². The van der Waals surface area contributed by atoms with Crippen molar-refractivity contribution in [3.63, 3.8) is 0 Å². The van der Waals surface area contributed by atoms with E-state index >= 15 is 0 Å². The lowest BCUT2D eigenvalue weighted by Crippen LogP contribution is -2.53. The summed E-state index contributed by atoms with van der Waals surface area (Å²) in [4.78, 5) is 33.8. The lowest BCUT2D eigenvalue weighted by Gasteiger charge is -2.35. The van der Waals surface area contributed by atoms with E-state index < -0.39 is 12.0 Å². The van der Waals surface area contributed by atoms with Crippen molar-refractivity contribution in [3.05, 3.63) is 17.7 Å². The van der Waals surface area contributed by atoms with Gasteiger partial charge in [-0.05, 0) is 13.8 Å². The Bertz CT molecular complexity index is 481. The number of hydrogen-bond acceptors (Lipinski definition) is 3. The molecule has 1 atom stereocenters. The van der Waals surface area contributed by atoms with Crippen LogP contribution in [0.1, 0.15) is 25.2 Å². The first-order valence-electron chi connectivity index (χ1n) is 6.37. The molecule has 104 valence electrons. The molecule has 0 saturated carbocycles. The van der Waals surface area contributed by atoms with Crippen molar-refractivity contribution in [1.29, 1.82) is 0 Å². The quantitative estimate of drug-likeness (QED) is 0.842. The molecular weight excluding hydrogens is 248 g/mol. The van der Waals surface area contributed by atoms with Crippen LogP contribution in [0.4, 0.5) is 4.79 Å². The molecule has 7 heteroatoms. The molecule has 0 spiro atoms. The van der Waals surface area contributed by atoms with Gasteiger partial charge in [-0.2, -0.15) is 0 Å². The van der Waals surface area contributed by atoms with Gasteiger partial charge >= 0.3 is 12.0 Å². The molecule has 0 aromatic carbocycles. The molecule has 7 nitrogen and oxygen atoms in total. The van der Waals surface area contributed by atoms with Gasteiger partial charge in [0.2, 0.25) is 0 Å². The molecule has 1 aliphatic heterocycles. The second-order valence-corrected chi connectivity index (χ2v) is 4.47. The number of H-pyrrole nitrogens is 1. The molecule has 0 saturated heterocycles. The summed E-state index contributed by atoms with van der Waals surface area (Å²) in [6, 6.07) is -1.08. The van der Waals surface area contributed by atoms with E-state index in [1.807, 2.05) is 13.8 Å². The van der Waals surface area contributed by atoms with Crippen molar-refractivity contribution in [2.75, 3.05) is 13.1 Å². The standard InChI is InChI=1S/C12H18N4O3/c1-3-15(4-2)12(19)16-6-9-8(13-7-14-9)5-10(16)11(17)18/h7,10H,3-6H2,1-2H3,(H,13,14)(H,17,18). The molecule has 2 amide bonds. The minimum absolute atomic E-state index is 0.238. The molecule has 0 aliphatic carbocycles. The van der Waals surface area contributed by atoms with Crippen molar-refractivity contribution >= 4 is 12.0 Å². The number of amides is 2. The smallest absolute Gasteiger partial charge is 0.326 e. The van der Waals surface area contributed by atoms with Gasteiger partial charge in [0.05, 0.1) is 24.3 Å². The van der Waals surface area contributed by atoms with E-state index in [1.54, 1.807) is 4.90 Å². The third-order valence-electron chi connectivity index (χ3n) is 3.46. The summed E-state index contributed by atoms with van der Waals surface area (Å²) in [5.74, 6) is -0.992. The van der Waals surface area contributed by atoms with Gasteiger partial charge in [-0.15, -0.1) is 0 Å². The zero-order valence-electron chi connectivity index (χ0n) is 11.1. The van der Waals surface area contributed by atoms with E-state index in [0.717, 1.165) is 11.4 Å². The lowest BCUT2D eigenvalue weighted by molar-refractivity contribution is -0.142. The highest BCUT2D eigenvalue weighted by Gasteiger charge is 2.37. The molecule has 0 bridgehead atoms. The monoisotopic (exact) mass is 266 g/mol. The molecule has 1 aromatic heterocycles. The zero-order valence-corrected chi connectivity index (χ0v) is 11.1. The summed E-state index contributed by atoms with van der Waals surface area (Å²) < 4.78 is 0. The van der Waals surface area contributed by atoms with Crippen molar-refractivity contribution < 1.29 is 14.7 Å². The minimum atomic E-state index is -0.992. The summed E-state index contributed by atoms with van der Waals surface area (Å²) in [6.07, 6.45) is 1.79. The van der Waals surface area contributed by atoms with E-state index in [9.17, 15) is 14.7 Å². The number of fused-ring (bicyclic) bond motifs is 1. The summed E-state index contributed by atoms with van der Waals surface area (Å²) >= 11 is 0. The van der Waals surface area contributed by atoms with Crippen LogP contribution in [0.25, 0.3) is 0 Å². The Hall–Kier alpha value is -2.05. The Morgan fingerprint density at radius 2 is 2.21 bits per heavy atom. The number of urea groups is 1. The molecule has 1 aromatic rings. The largest absolute Gasteiger partial charge is 0.480 e. The summed E-state index contributed by atoms with van der Waals surface area (Å²) in [6.45, 7) is 5.15. The second-order valence-electron chi connectivity index (χ2n) is 4.47. The van der Waals surface area contributed by atoms with Crippen LogP contribution in [0.2, 0.25) is 0 Å². The molecule has 0 radical (unpaired) electrons. The maximum atomic E-state index is 12.4. The lowest BCUT2D eigenvalue weighted by atomic mass is 10.0. The van der Waals surface area contributed by atoms with E-state index in [2.05, 4.69) is 9.97 Å². The van der Waals surface area contributed by atoms with Crippen molar-refractivity contribution in [1.82, 2.24) is 19.8 Å². The average Bonchev–Trinajstić information content (AvgIpc) is 2.85. The van der Waals surface area contributed by atoms with Crippen LogP contribution in [0.5, 0.6) is 0 Å². The van der Waals surface area contributed by atoms with Crippen LogP contribution in [0, 0.1) is 0 Å². The molecule has 2 rings (SSSR count). The van der Waals surface area contributed by atoms with Gasteiger partial charge < -0.3 is 19.9 Å². The second kappa shape index (κ2) is 5.29. The zero-order chi connectivity index (χ0) is 14.0. The van der Waals surface area contributed by atoms with Gasteiger partial charge in [0.25, 0.3) is 0 Å². The molecule has 1 unspecified atom stereocenters. The number of aliphatic carboxylic acids is 1. The van der Waals surface area contributed by atoms with Gasteiger partial charge in [0, 0.05) is 19.5 Å². The van der Waals surface area contributed by atoms with Gasteiger partial charge in [-0.25, -0.2) is 14.6 Å². The third kappa shape index (κ3) is 2.40. The number of carboxylic acid groups (broad SMARTS) is 1. The Kier molecular flexibility index (Phi) is 3.73. The maximum Gasteiger partial charge on any atom is 0.326 e. The SMILES string of the molecule is CCN(CC)C(=O)N1Cc2[nH]cnc2CC1C(=O)O. The molecule has 2 N–H and O–H groups in total. The third-order valence-corrected chi connectivity index (χ3v) is 3.46. The predicted octanol–water partition coefficient (Wildman–Crippen LogP) is 0.683. The summed E-state index contributed by atoms with van der Waals surface area (Å²) in [5, 5.41) is 9.30. The van der Waals surface area contributed by atoms with Crippen LogP contribution >= 0.6 is 0 Å². The Morgan fingerprint density at radius 1 is 1.53 bits per heavy atom. The molecular formula is C12H18N4O3. The molecule has 1 aliphatic rings. The summed E-state index contributed by atoms with van der Waals surface area (Å²) in [5.41, 5.74) is 1.55. The number of hydrogen-bond donors (Lipinski definition) is 2. The Balaban J connectivity index is 2.27. The fraction of sp³-hybridized carbons (Fsp3) is 0.583. The van der Waals surface area contributed by atoms with E-state index in [4.69, 9.17) is 0 Å².